The lowest BCUT2D eigenvalue weighted by Crippen LogP contribution is -2.21. The highest BCUT2D eigenvalue weighted by molar-refractivity contribution is 8.14. The van der Waals surface area contributed by atoms with Gasteiger partial charge in [-0.2, -0.15) is 0 Å². The van der Waals surface area contributed by atoms with Crippen LogP contribution in [0.2, 0.25) is 0 Å². The maximum absolute atomic E-state index is 8.56. The van der Waals surface area contributed by atoms with Gasteiger partial charge in [0, 0.05) is 29.2 Å². The van der Waals surface area contributed by atoms with Crippen molar-refractivity contribution in [1.29, 1.82) is 5.41 Å². The predicted octanol–water partition coefficient (Wildman–Crippen LogP) is 11.4. The van der Waals surface area contributed by atoms with E-state index in [1.54, 1.807) is 0 Å². The minimum Gasteiger partial charge on any atom is -0.315 e. The summed E-state index contributed by atoms with van der Waals surface area (Å²) in [4.78, 5) is 10.2. The number of nitrogens with two attached hydrogens (primary N) is 1. The molecule has 3 aromatic carbocycles. The van der Waals surface area contributed by atoms with Gasteiger partial charge in [-0.05, 0) is 77.6 Å². The van der Waals surface area contributed by atoms with E-state index in [2.05, 4.69) is 134 Å². The first-order valence-corrected chi connectivity index (χ1v) is 19.2. The molecule has 51 heavy (non-hydrogen) atoms. The minimum absolute atomic E-state index is 0.205. The van der Waals surface area contributed by atoms with Gasteiger partial charge in [0.15, 0.2) is 0 Å². The molecule has 5 heteroatoms. The molecule has 0 spiro atoms. The summed E-state index contributed by atoms with van der Waals surface area (Å²) in [7, 11) is 0. The van der Waals surface area contributed by atoms with Gasteiger partial charge in [-0.1, -0.05) is 151 Å². The maximum atomic E-state index is 8.56. The normalized spacial score (nSPS) is 23.2. The molecule has 4 aromatic rings. The summed E-state index contributed by atoms with van der Waals surface area (Å²) >= 11 is 1.46. The molecule has 0 amide bonds. The van der Waals surface area contributed by atoms with E-state index in [0.717, 1.165) is 72.4 Å². The van der Waals surface area contributed by atoms with Crippen LogP contribution in [-0.2, 0) is 0 Å². The number of aromatic nitrogens is 2. The summed E-state index contributed by atoms with van der Waals surface area (Å²) in [6.07, 6.45) is 32.4. The number of nitrogens with zero attached hydrogens (tertiary/aromatic N) is 2. The summed E-state index contributed by atoms with van der Waals surface area (Å²) in [5.41, 5.74) is 14.8. The van der Waals surface area contributed by atoms with E-state index in [4.69, 9.17) is 21.1 Å². The molecule has 5 atom stereocenters. The first-order valence-electron chi connectivity index (χ1n) is 18.3. The Hall–Kier alpha value is -4.84. The zero-order valence-corrected chi connectivity index (χ0v) is 29.7. The van der Waals surface area contributed by atoms with Crippen LogP contribution < -0.4 is 5.73 Å². The Bertz CT molecular complexity index is 2150. The zero-order chi connectivity index (χ0) is 34.6. The molecule has 0 aliphatic heterocycles. The molecule has 1 aromatic heterocycles. The third-order valence-corrected chi connectivity index (χ3v) is 11.7. The molecule has 4 aliphatic carbocycles. The molecule has 5 unspecified atom stereocenters. The molecule has 3 N–H and O–H groups in total. The second-order valence-electron chi connectivity index (χ2n) is 14.0. The van der Waals surface area contributed by atoms with E-state index in [-0.39, 0.29) is 17.2 Å². The van der Waals surface area contributed by atoms with Gasteiger partial charge in [-0.15, -0.1) is 0 Å². The van der Waals surface area contributed by atoms with Gasteiger partial charge in [0.1, 0.15) is 5.82 Å². The fourth-order valence-electron chi connectivity index (χ4n) is 7.83. The molecule has 0 bridgehead atoms. The van der Waals surface area contributed by atoms with E-state index >= 15 is 0 Å². The Morgan fingerprint density at radius 1 is 0.745 bits per heavy atom. The molecule has 254 valence electrons. The fourth-order valence-corrected chi connectivity index (χ4v) is 8.72. The van der Waals surface area contributed by atoms with Crippen molar-refractivity contribution >= 4 is 27.6 Å². The van der Waals surface area contributed by atoms with Crippen LogP contribution in [0.25, 0.3) is 22.0 Å². The van der Waals surface area contributed by atoms with Crippen LogP contribution in [0.3, 0.4) is 0 Å². The molecule has 8 rings (SSSR count). The molecule has 0 radical (unpaired) electrons. The van der Waals surface area contributed by atoms with Crippen molar-refractivity contribution in [3.63, 3.8) is 0 Å². The van der Waals surface area contributed by atoms with Crippen molar-refractivity contribution in [3.8, 4) is 11.3 Å². The van der Waals surface area contributed by atoms with Crippen LogP contribution in [0, 0.1) is 5.41 Å². The van der Waals surface area contributed by atoms with Crippen LogP contribution >= 0.6 is 11.8 Å². The molecule has 0 saturated carbocycles. The quantitative estimate of drug-likeness (QED) is 0.0838. The van der Waals surface area contributed by atoms with Crippen molar-refractivity contribution in [2.75, 3.05) is 0 Å². The number of fused-ring (bicyclic) bond motifs is 1. The van der Waals surface area contributed by atoms with Crippen molar-refractivity contribution < 1.29 is 0 Å². The monoisotopic (exact) mass is 684 g/mol. The Balaban J connectivity index is 1.00. The van der Waals surface area contributed by atoms with Crippen LogP contribution in [0.4, 0.5) is 0 Å². The van der Waals surface area contributed by atoms with Gasteiger partial charge in [0.25, 0.3) is 0 Å². The molecule has 4 aliphatic rings. The fraction of sp³-hybridized carbons (Fsp3) is 0.239. The van der Waals surface area contributed by atoms with Crippen molar-refractivity contribution in [2.24, 2.45) is 5.73 Å². The van der Waals surface area contributed by atoms with E-state index < -0.39 is 0 Å². The average Bonchev–Trinajstić information content (AvgIpc) is 3.21. The second-order valence-corrected chi connectivity index (χ2v) is 15.1. The highest BCUT2D eigenvalue weighted by Gasteiger charge is 2.25. The first-order chi connectivity index (χ1) is 25.1. The van der Waals surface area contributed by atoms with Crippen LogP contribution in [0.1, 0.15) is 84.8 Å². The van der Waals surface area contributed by atoms with E-state index in [1.165, 1.54) is 33.7 Å². The largest absolute Gasteiger partial charge is 0.315 e. The predicted molar refractivity (Wildman–Crippen MR) is 215 cm³/mol. The molecular formula is C46H44N4S. The summed E-state index contributed by atoms with van der Waals surface area (Å²) in [6, 6.07) is 26.3. The van der Waals surface area contributed by atoms with E-state index in [9.17, 15) is 0 Å². The highest BCUT2D eigenvalue weighted by atomic mass is 32.2. The van der Waals surface area contributed by atoms with Crippen LogP contribution in [-0.4, -0.2) is 20.4 Å². The average molecular weight is 685 g/mol. The van der Waals surface area contributed by atoms with Gasteiger partial charge >= 0.3 is 0 Å². The van der Waals surface area contributed by atoms with Crippen LogP contribution in [0.5, 0.6) is 0 Å². The smallest absolute Gasteiger partial charge is 0.136 e. The Kier molecular flexibility index (Phi) is 9.92. The Morgan fingerprint density at radius 3 is 2.20 bits per heavy atom. The first kappa shape index (κ1) is 33.3. The standard InChI is InChI=1S/C46H44N4S/c47-44(35-14-6-2-7-15-35)51-45(48)36-26-22-32(23-27-36)39-29-28-38(40-18-10-11-19-41(39)40)31-20-24-34(25-21-31)43-30-42(33-12-4-1-5-13-33)49-46(50-43)37-16-8-3-9-17-37/h1-6,8-14,16,18-20,22,24,26-32,34,37,45,47H,7,15,17,21,23,25,48H2. The number of nitrogens with one attached hydrogen (secondary N) is 1. The zero-order valence-electron chi connectivity index (χ0n) is 28.9. The lowest BCUT2D eigenvalue weighted by Gasteiger charge is -2.26. The lowest BCUT2D eigenvalue weighted by atomic mass is 9.79. The lowest BCUT2D eigenvalue weighted by molar-refractivity contribution is 0.588. The van der Waals surface area contributed by atoms with Gasteiger partial charge < -0.3 is 5.73 Å². The van der Waals surface area contributed by atoms with Crippen molar-refractivity contribution in [1.82, 2.24) is 9.97 Å². The number of hydrogen-bond acceptors (Lipinski definition) is 5. The summed E-state index contributed by atoms with van der Waals surface area (Å²) in [6.45, 7) is 0. The Morgan fingerprint density at radius 2 is 1.51 bits per heavy atom. The molecule has 1 heterocycles. The third-order valence-electron chi connectivity index (χ3n) is 10.7. The molecule has 0 fully saturated rings. The minimum atomic E-state index is -0.234. The van der Waals surface area contributed by atoms with Gasteiger partial charge in [-0.3, -0.25) is 5.41 Å². The summed E-state index contributed by atoms with van der Waals surface area (Å²) in [5.74, 6) is 2.03. The number of rotatable bonds is 8. The van der Waals surface area contributed by atoms with Gasteiger partial charge in [-0.25, -0.2) is 9.97 Å². The van der Waals surface area contributed by atoms with Crippen molar-refractivity contribution in [3.05, 3.63) is 180 Å². The van der Waals surface area contributed by atoms with Crippen LogP contribution in [0.15, 0.2) is 157 Å². The number of thioether (sulfide) groups is 1. The number of allylic oxidation sites excluding steroid dienone is 11. The molecule has 4 nitrogen and oxygen atoms in total. The van der Waals surface area contributed by atoms with Gasteiger partial charge in [0.2, 0.25) is 0 Å². The SMILES string of the molecule is N=C(SC(N)C1=CCC(c2ccc(C3C=CC(c4cc(-c5ccccc5)nc(C5C=CC=CC5)n4)CC3)c3ccccc23)C=C1)C1=CC=CCC1. The summed E-state index contributed by atoms with van der Waals surface area (Å²) < 4.78 is 0. The summed E-state index contributed by atoms with van der Waals surface area (Å²) in [5, 5.41) is 11.6. The number of hydrogen-bond donors (Lipinski definition) is 2. The molecule has 0 saturated heterocycles. The third kappa shape index (κ3) is 7.33. The highest BCUT2D eigenvalue weighted by Crippen LogP contribution is 2.41. The Labute approximate surface area is 305 Å². The van der Waals surface area contributed by atoms with Crippen molar-refractivity contribution in [2.45, 2.75) is 67.6 Å². The molecular weight excluding hydrogens is 641 g/mol. The van der Waals surface area contributed by atoms with E-state index in [1.807, 2.05) is 12.2 Å². The van der Waals surface area contributed by atoms with Gasteiger partial charge in [0.05, 0.1) is 21.8 Å². The maximum Gasteiger partial charge on any atom is 0.136 e. The second kappa shape index (κ2) is 15.2. The topological polar surface area (TPSA) is 75.7 Å². The van der Waals surface area contributed by atoms with E-state index in [0.29, 0.717) is 16.9 Å². The number of benzene rings is 3.